The summed E-state index contributed by atoms with van der Waals surface area (Å²) in [6.07, 6.45) is 0.397. The average molecular weight is 382 g/mol. The Bertz CT molecular complexity index is 795. The summed E-state index contributed by atoms with van der Waals surface area (Å²) in [7, 11) is 1.67. The van der Waals surface area contributed by atoms with Crippen molar-refractivity contribution in [2.24, 2.45) is 0 Å². The van der Waals surface area contributed by atoms with E-state index in [9.17, 15) is 9.59 Å². The second-order valence-electron chi connectivity index (χ2n) is 7.21. The molecule has 6 heteroatoms. The third kappa shape index (κ3) is 5.57. The molecule has 3 rings (SSSR count). The van der Waals surface area contributed by atoms with Gasteiger partial charge in [-0.15, -0.1) is 0 Å². The maximum absolute atomic E-state index is 12.6. The summed E-state index contributed by atoms with van der Waals surface area (Å²) in [4.78, 5) is 27.1. The minimum atomic E-state index is -0.0983. The Morgan fingerprint density at radius 2 is 1.61 bits per heavy atom. The van der Waals surface area contributed by atoms with Gasteiger partial charge in [0.05, 0.1) is 39.7 Å². The Morgan fingerprint density at radius 1 is 1.00 bits per heavy atom. The molecule has 0 unspecified atom stereocenters. The van der Waals surface area contributed by atoms with Crippen molar-refractivity contribution in [3.63, 3.8) is 0 Å². The van der Waals surface area contributed by atoms with Crippen molar-refractivity contribution in [2.75, 3.05) is 38.6 Å². The van der Waals surface area contributed by atoms with Crippen molar-refractivity contribution in [3.8, 4) is 5.75 Å². The van der Waals surface area contributed by atoms with Gasteiger partial charge in [0.1, 0.15) is 12.3 Å². The number of rotatable bonds is 6. The van der Waals surface area contributed by atoms with Gasteiger partial charge in [0.2, 0.25) is 11.8 Å². The second-order valence-corrected chi connectivity index (χ2v) is 7.21. The molecule has 2 aromatic carbocycles. The van der Waals surface area contributed by atoms with Crippen molar-refractivity contribution in [1.29, 1.82) is 0 Å². The van der Waals surface area contributed by atoms with Gasteiger partial charge in [-0.05, 0) is 42.0 Å². The van der Waals surface area contributed by atoms with Crippen molar-refractivity contribution < 1.29 is 19.2 Å². The van der Waals surface area contributed by atoms with Crippen LogP contribution < -0.4 is 15.0 Å². The van der Waals surface area contributed by atoms with Crippen molar-refractivity contribution >= 4 is 17.5 Å². The normalized spacial score (nSPS) is 14.6. The van der Waals surface area contributed by atoms with E-state index >= 15 is 0 Å². The van der Waals surface area contributed by atoms with Crippen LogP contribution in [-0.2, 0) is 22.6 Å². The molecule has 1 saturated heterocycles. The number of piperazine rings is 1. The lowest BCUT2D eigenvalue weighted by molar-refractivity contribution is -0.917. The smallest absolute Gasteiger partial charge is 0.227 e. The number of hydrogen-bond acceptors (Lipinski definition) is 3. The minimum Gasteiger partial charge on any atom is -0.497 e. The Kier molecular flexibility index (Phi) is 6.66. The van der Waals surface area contributed by atoms with E-state index in [1.54, 1.807) is 7.11 Å². The lowest BCUT2D eigenvalue weighted by Crippen LogP contribution is -3.13. The van der Waals surface area contributed by atoms with Gasteiger partial charge in [0.25, 0.3) is 0 Å². The number of anilines is 1. The molecule has 1 heterocycles. The predicted molar refractivity (Wildman–Crippen MR) is 108 cm³/mol. The van der Waals surface area contributed by atoms with Crippen molar-refractivity contribution in [1.82, 2.24) is 4.90 Å². The number of ether oxygens (including phenoxy) is 1. The molecular formula is C22H28N3O3+. The molecule has 1 fully saturated rings. The lowest BCUT2D eigenvalue weighted by Gasteiger charge is -2.32. The highest BCUT2D eigenvalue weighted by molar-refractivity contribution is 5.88. The van der Waals surface area contributed by atoms with Crippen LogP contribution in [0.4, 0.5) is 5.69 Å². The predicted octanol–water partition coefficient (Wildman–Crippen LogP) is 1.12. The molecular weight excluding hydrogens is 354 g/mol. The molecule has 6 nitrogen and oxygen atoms in total. The molecule has 0 saturated carbocycles. The van der Waals surface area contributed by atoms with Crippen LogP contribution in [0.3, 0.4) is 0 Å². The SMILES string of the molecule is COc1ccc(C[NH+]2CCN(C(=O)Cc3ccc(NC(C)=O)cc3)CC2)cc1. The number of quaternary nitrogens is 1. The van der Waals surface area contributed by atoms with Gasteiger partial charge >= 0.3 is 0 Å². The number of amides is 2. The zero-order valence-electron chi connectivity index (χ0n) is 16.5. The van der Waals surface area contributed by atoms with Gasteiger partial charge in [-0.25, -0.2) is 0 Å². The van der Waals surface area contributed by atoms with Crippen LogP contribution in [0.2, 0.25) is 0 Å². The first kappa shape index (κ1) is 19.9. The first-order valence-electron chi connectivity index (χ1n) is 9.64. The second kappa shape index (κ2) is 9.37. The monoisotopic (exact) mass is 382 g/mol. The third-order valence-corrected chi connectivity index (χ3v) is 5.07. The number of carbonyl (C=O) groups excluding carboxylic acids is 2. The summed E-state index contributed by atoms with van der Waals surface area (Å²) >= 11 is 0. The summed E-state index contributed by atoms with van der Waals surface area (Å²) in [6.45, 7) is 5.94. The molecule has 0 atom stereocenters. The molecule has 2 amide bonds. The van der Waals surface area contributed by atoms with Crippen LogP contribution >= 0.6 is 0 Å². The zero-order chi connectivity index (χ0) is 19.9. The Labute approximate surface area is 166 Å². The number of hydrogen-bond donors (Lipinski definition) is 2. The van der Waals surface area contributed by atoms with Gasteiger partial charge in [0, 0.05) is 18.2 Å². The Morgan fingerprint density at radius 3 is 2.18 bits per heavy atom. The third-order valence-electron chi connectivity index (χ3n) is 5.07. The molecule has 0 aliphatic carbocycles. The van der Waals surface area contributed by atoms with E-state index in [0.29, 0.717) is 6.42 Å². The standard InChI is InChI=1S/C22H27N3O3/c1-17(26)23-20-7-3-18(4-8-20)15-22(27)25-13-11-24(12-14-25)16-19-5-9-21(28-2)10-6-19/h3-10H,11-16H2,1-2H3,(H,23,26)/p+1. The average Bonchev–Trinajstić information content (AvgIpc) is 2.70. The summed E-state index contributed by atoms with van der Waals surface area (Å²) in [5, 5.41) is 2.74. The number of methoxy groups -OCH3 is 1. The fourth-order valence-corrected chi connectivity index (χ4v) is 3.48. The maximum Gasteiger partial charge on any atom is 0.227 e. The van der Waals surface area contributed by atoms with Crippen LogP contribution in [0.15, 0.2) is 48.5 Å². The van der Waals surface area contributed by atoms with Gasteiger partial charge in [-0.3, -0.25) is 9.59 Å². The fraction of sp³-hybridized carbons (Fsp3) is 0.364. The van der Waals surface area contributed by atoms with E-state index in [1.807, 2.05) is 41.3 Å². The molecule has 0 spiro atoms. The highest BCUT2D eigenvalue weighted by Gasteiger charge is 2.23. The number of nitrogens with one attached hydrogen (secondary N) is 2. The summed E-state index contributed by atoms with van der Waals surface area (Å²) in [6, 6.07) is 15.7. The van der Waals surface area contributed by atoms with E-state index in [2.05, 4.69) is 17.4 Å². The van der Waals surface area contributed by atoms with E-state index in [4.69, 9.17) is 4.74 Å². The Balaban J connectivity index is 1.46. The number of benzene rings is 2. The highest BCUT2D eigenvalue weighted by Crippen LogP contribution is 2.12. The molecule has 28 heavy (non-hydrogen) atoms. The summed E-state index contributed by atoms with van der Waals surface area (Å²) in [5.41, 5.74) is 3.00. The molecule has 1 aliphatic rings. The molecule has 0 radical (unpaired) electrons. The first-order chi connectivity index (χ1) is 13.5. The van der Waals surface area contributed by atoms with E-state index in [0.717, 1.165) is 49.7 Å². The van der Waals surface area contributed by atoms with Crippen LogP contribution in [0.25, 0.3) is 0 Å². The summed E-state index contributed by atoms with van der Waals surface area (Å²) in [5.74, 6) is 0.939. The lowest BCUT2D eigenvalue weighted by atomic mass is 10.1. The van der Waals surface area contributed by atoms with E-state index in [1.165, 1.54) is 17.4 Å². The van der Waals surface area contributed by atoms with Gasteiger partial charge in [-0.2, -0.15) is 0 Å². The van der Waals surface area contributed by atoms with E-state index < -0.39 is 0 Å². The maximum atomic E-state index is 12.6. The topological polar surface area (TPSA) is 63.1 Å². The van der Waals surface area contributed by atoms with Crippen LogP contribution in [0.1, 0.15) is 18.1 Å². The largest absolute Gasteiger partial charge is 0.497 e. The molecule has 2 N–H and O–H groups in total. The van der Waals surface area contributed by atoms with Gasteiger partial charge in [-0.1, -0.05) is 12.1 Å². The van der Waals surface area contributed by atoms with Crippen LogP contribution in [0, 0.1) is 0 Å². The fourth-order valence-electron chi connectivity index (χ4n) is 3.48. The molecule has 2 aromatic rings. The minimum absolute atomic E-state index is 0.0983. The number of nitrogens with zero attached hydrogens (tertiary/aromatic N) is 1. The van der Waals surface area contributed by atoms with E-state index in [-0.39, 0.29) is 11.8 Å². The number of carbonyl (C=O) groups is 2. The zero-order valence-corrected chi connectivity index (χ0v) is 16.5. The first-order valence-corrected chi connectivity index (χ1v) is 9.64. The summed E-state index contributed by atoms with van der Waals surface area (Å²) < 4.78 is 5.20. The molecule has 148 valence electrons. The van der Waals surface area contributed by atoms with Crippen LogP contribution in [-0.4, -0.2) is 50.0 Å². The van der Waals surface area contributed by atoms with Crippen LogP contribution in [0.5, 0.6) is 5.75 Å². The molecule has 0 aromatic heterocycles. The van der Waals surface area contributed by atoms with Gasteiger partial charge in [0.15, 0.2) is 0 Å². The quantitative estimate of drug-likeness (QED) is 0.787. The van der Waals surface area contributed by atoms with Crippen molar-refractivity contribution in [3.05, 3.63) is 59.7 Å². The molecule has 0 bridgehead atoms. The van der Waals surface area contributed by atoms with Crippen molar-refractivity contribution in [2.45, 2.75) is 19.9 Å². The van der Waals surface area contributed by atoms with Gasteiger partial charge < -0.3 is 19.9 Å². The Hall–Kier alpha value is -2.86. The highest BCUT2D eigenvalue weighted by atomic mass is 16.5. The molecule has 1 aliphatic heterocycles.